The summed E-state index contributed by atoms with van der Waals surface area (Å²) in [6.07, 6.45) is 3.02. The quantitative estimate of drug-likeness (QED) is 0.742. The molecule has 1 N–H and O–H groups in total. The molecule has 5 nitrogen and oxygen atoms in total. The van der Waals surface area contributed by atoms with Crippen LogP contribution in [0.15, 0.2) is 40.9 Å². The van der Waals surface area contributed by atoms with E-state index in [1.165, 1.54) is 5.56 Å². The van der Waals surface area contributed by atoms with Gasteiger partial charge in [-0.05, 0) is 77.6 Å². The lowest BCUT2D eigenvalue weighted by Gasteiger charge is -2.25. The predicted octanol–water partition coefficient (Wildman–Crippen LogP) is 4.69. The largest absolute Gasteiger partial charge is 0.490 e. The highest BCUT2D eigenvalue weighted by Gasteiger charge is 2.28. The Labute approximate surface area is 174 Å². The summed E-state index contributed by atoms with van der Waals surface area (Å²) >= 11 is 3.52. The van der Waals surface area contributed by atoms with Crippen LogP contribution in [0, 0.1) is 6.92 Å². The molecular weight excluding hydrogens is 420 g/mol. The number of halogens is 1. The van der Waals surface area contributed by atoms with Crippen LogP contribution in [0.1, 0.15) is 36.4 Å². The van der Waals surface area contributed by atoms with Crippen LogP contribution in [0.5, 0.6) is 11.5 Å². The Bertz CT molecular complexity index is 871. The van der Waals surface area contributed by atoms with Gasteiger partial charge in [0.05, 0.1) is 25.4 Å². The molecule has 0 radical (unpaired) electrons. The molecular formula is C22H25BrN2O3. The van der Waals surface area contributed by atoms with Crippen molar-refractivity contribution in [1.82, 2.24) is 4.90 Å². The van der Waals surface area contributed by atoms with Crippen molar-refractivity contribution >= 4 is 27.5 Å². The molecule has 2 aliphatic rings. The Morgan fingerprint density at radius 3 is 2.79 bits per heavy atom. The molecule has 0 bridgehead atoms. The minimum absolute atomic E-state index is 0.00537. The Kier molecular flexibility index (Phi) is 5.87. The maximum absolute atomic E-state index is 12.6. The molecule has 1 fully saturated rings. The van der Waals surface area contributed by atoms with Gasteiger partial charge in [0.15, 0.2) is 11.5 Å². The summed E-state index contributed by atoms with van der Waals surface area (Å²) in [4.78, 5) is 14.9. The van der Waals surface area contributed by atoms with Gasteiger partial charge < -0.3 is 14.8 Å². The normalized spacial score (nSPS) is 19.3. The smallest absolute Gasteiger partial charge is 0.238 e. The fraction of sp³-hybridized carbons (Fsp3) is 0.409. The number of hydrogen-bond acceptors (Lipinski definition) is 4. The van der Waals surface area contributed by atoms with Crippen molar-refractivity contribution in [3.8, 4) is 11.5 Å². The van der Waals surface area contributed by atoms with Gasteiger partial charge in [-0.1, -0.05) is 12.1 Å². The van der Waals surface area contributed by atoms with Crippen LogP contribution in [0.25, 0.3) is 0 Å². The van der Waals surface area contributed by atoms with Gasteiger partial charge in [-0.2, -0.15) is 0 Å². The minimum atomic E-state index is 0.00537. The van der Waals surface area contributed by atoms with E-state index in [9.17, 15) is 4.79 Å². The van der Waals surface area contributed by atoms with Crippen molar-refractivity contribution in [2.24, 2.45) is 0 Å². The zero-order valence-corrected chi connectivity index (χ0v) is 17.6. The Balaban J connectivity index is 1.45. The van der Waals surface area contributed by atoms with Crippen LogP contribution >= 0.6 is 15.9 Å². The number of benzene rings is 2. The number of aryl methyl sites for hydroxylation is 1. The fourth-order valence-corrected chi connectivity index (χ4v) is 4.47. The number of carbonyl (C=O) groups is 1. The van der Waals surface area contributed by atoms with Gasteiger partial charge in [0.25, 0.3) is 0 Å². The minimum Gasteiger partial charge on any atom is -0.490 e. The standard InChI is InChI=1S/C22H25BrN2O3/c1-15-5-7-18(17(23)12-15)24-22(26)14-25-9-2-4-19(25)16-6-8-20-21(13-16)28-11-3-10-27-20/h5-8,12-13,19H,2-4,9-11,14H2,1H3,(H,24,26). The topological polar surface area (TPSA) is 50.8 Å². The lowest BCUT2D eigenvalue weighted by molar-refractivity contribution is -0.117. The molecule has 0 aliphatic carbocycles. The third kappa shape index (κ3) is 4.33. The second kappa shape index (κ2) is 8.53. The van der Waals surface area contributed by atoms with Gasteiger partial charge in [-0.3, -0.25) is 9.69 Å². The van der Waals surface area contributed by atoms with Crippen LogP contribution in [0.2, 0.25) is 0 Å². The summed E-state index contributed by atoms with van der Waals surface area (Å²) in [7, 11) is 0. The summed E-state index contributed by atoms with van der Waals surface area (Å²) in [5.74, 6) is 1.63. The summed E-state index contributed by atoms with van der Waals surface area (Å²) < 4.78 is 12.5. The second-order valence-corrected chi connectivity index (χ2v) is 8.27. The first-order chi connectivity index (χ1) is 13.6. The molecule has 2 heterocycles. The highest BCUT2D eigenvalue weighted by molar-refractivity contribution is 9.10. The summed E-state index contributed by atoms with van der Waals surface area (Å²) in [6, 6.07) is 12.3. The Hall–Kier alpha value is -2.05. The lowest BCUT2D eigenvalue weighted by atomic mass is 10.0. The molecule has 2 aromatic rings. The zero-order chi connectivity index (χ0) is 19.5. The molecule has 4 rings (SSSR count). The Morgan fingerprint density at radius 1 is 1.14 bits per heavy atom. The molecule has 1 saturated heterocycles. The number of carbonyl (C=O) groups excluding carboxylic acids is 1. The molecule has 1 amide bonds. The number of fused-ring (bicyclic) bond motifs is 1. The fourth-order valence-electron chi connectivity index (χ4n) is 3.88. The van der Waals surface area contributed by atoms with Gasteiger partial charge in [-0.25, -0.2) is 0 Å². The van der Waals surface area contributed by atoms with Crippen molar-refractivity contribution in [3.05, 3.63) is 52.0 Å². The monoisotopic (exact) mass is 444 g/mol. The number of ether oxygens (including phenoxy) is 2. The summed E-state index contributed by atoms with van der Waals surface area (Å²) in [5.41, 5.74) is 3.15. The number of nitrogens with zero attached hydrogens (tertiary/aromatic N) is 1. The third-order valence-corrected chi connectivity index (χ3v) is 5.92. The lowest BCUT2D eigenvalue weighted by Crippen LogP contribution is -2.33. The van der Waals surface area contributed by atoms with Crippen LogP contribution in [0.4, 0.5) is 5.69 Å². The van der Waals surface area contributed by atoms with Crippen molar-refractivity contribution < 1.29 is 14.3 Å². The summed E-state index contributed by atoms with van der Waals surface area (Å²) in [6.45, 7) is 4.69. The average molecular weight is 445 g/mol. The van der Waals surface area contributed by atoms with Gasteiger partial charge in [0.1, 0.15) is 0 Å². The number of rotatable bonds is 4. The van der Waals surface area contributed by atoms with E-state index in [4.69, 9.17) is 9.47 Å². The van der Waals surface area contributed by atoms with Crippen LogP contribution in [-0.2, 0) is 4.79 Å². The highest BCUT2D eigenvalue weighted by Crippen LogP contribution is 2.37. The van der Waals surface area contributed by atoms with E-state index in [0.717, 1.165) is 53.0 Å². The van der Waals surface area contributed by atoms with E-state index in [1.54, 1.807) is 0 Å². The maximum Gasteiger partial charge on any atom is 0.238 e. The van der Waals surface area contributed by atoms with Gasteiger partial charge >= 0.3 is 0 Å². The molecule has 1 unspecified atom stereocenters. The molecule has 0 aromatic heterocycles. The molecule has 0 spiro atoms. The first-order valence-electron chi connectivity index (χ1n) is 9.80. The maximum atomic E-state index is 12.6. The molecule has 2 aromatic carbocycles. The summed E-state index contributed by atoms with van der Waals surface area (Å²) in [5, 5.41) is 3.02. The molecule has 0 saturated carbocycles. The van der Waals surface area contributed by atoms with Crippen molar-refractivity contribution in [3.63, 3.8) is 0 Å². The van der Waals surface area contributed by atoms with E-state index in [-0.39, 0.29) is 11.9 Å². The van der Waals surface area contributed by atoms with Crippen molar-refractivity contribution in [2.75, 3.05) is 31.6 Å². The van der Waals surface area contributed by atoms with Gasteiger partial charge in [0, 0.05) is 16.9 Å². The van der Waals surface area contributed by atoms with Gasteiger partial charge in [-0.15, -0.1) is 0 Å². The Morgan fingerprint density at radius 2 is 1.96 bits per heavy atom. The number of anilines is 1. The van der Waals surface area contributed by atoms with E-state index in [1.807, 2.05) is 31.2 Å². The van der Waals surface area contributed by atoms with E-state index in [2.05, 4.69) is 38.3 Å². The second-order valence-electron chi connectivity index (χ2n) is 7.42. The molecule has 1 atom stereocenters. The average Bonchev–Trinajstić information content (AvgIpc) is 2.99. The first-order valence-corrected chi connectivity index (χ1v) is 10.6. The van der Waals surface area contributed by atoms with Crippen molar-refractivity contribution in [1.29, 1.82) is 0 Å². The van der Waals surface area contributed by atoms with E-state index in [0.29, 0.717) is 19.8 Å². The number of hydrogen-bond donors (Lipinski definition) is 1. The SMILES string of the molecule is Cc1ccc(NC(=O)CN2CCCC2c2ccc3c(c2)OCCCO3)c(Br)c1. The highest BCUT2D eigenvalue weighted by atomic mass is 79.9. The number of amides is 1. The number of likely N-dealkylation sites (tertiary alicyclic amines) is 1. The van der Waals surface area contributed by atoms with E-state index >= 15 is 0 Å². The predicted molar refractivity (Wildman–Crippen MR) is 113 cm³/mol. The molecule has 2 aliphatic heterocycles. The van der Waals surface area contributed by atoms with Crippen LogP contribution < -0.4 is 14.8 Å². The molecule has 148 valence electrons. The molecule has 28 heavy (non-hydrogen) atoms. The van der Waals surface area contributed by atoms with Gasteiger partial charge in [0.2, 0.25) is 5.91 Å². The van der Waals surface area contributed by atoms with E-state index < -0.39 is 0 Å². The molecule has 6 heteroatoms. The first kappa shape index (κ1) is 19.3. The zero-order valence-electron chi connectivity index (χ0n) is 16.0. The van der Waals surface area contributed by atoms with Crippen LogP contribution in [0.3, 0.4) is 0 Å². The van der Waals surface area contributed by atoms with Crippen LogP contribution in [-0.4, -0.2) is 37.1 Å². The third-order valence-electron chi connectivity index (χ3n) is 5.27. The van der Waals surface area contributed by atoms with Crippen molar-refractivity contribution in [2.45, 2.75) is 32.2 Å². The number of nitrogens with one attached hydrogen (secondary N) is 1.